The summed E-state index contributed by atoms with van der Waals surface area (Å²) in [4.78, 5) is 37.7. The van der Waals surface area contributed by atoms with Crippen molar-refractivity contribution in [1.82, 2.24) is 0 Å². The monoisotopic (exact) mass is 416 g/mol. The van der Waals surface area contributed by atoms with Gasteiger partial charge in [-0.2, -0.15) is 0 Å². The minimum Gasteiger partial charge on any atom is -0.496 e. The third-order valence-electron chi connectivity index (χ3n) is 4.92. The van der Waals surface area contributed by atoms with Gasteiger partial charge in [0.05, 0.1) is 12.7 Å². The molecule has 0 saturated carbocycles. The van der Waals surface area contributed by atoms with Crippen LogP contribution in [-0.4, -0.2) is 31.5 Å². The van der Waals surface area contributed by atoms with Gasteiger partial charge in [0.2, 0.25) is 0 Å². The Balaban J connectivity index is 1.70. The summed E-state index contributed by atoms with van der Waals surface area (Å²) in [5.41, 5.74) is 7.97. The lowest BCUT2D eigenvalue weighted by atomic mass is 9.88. The van der Waals surface area contributed by atoms with Gasteiger partial charge in [-0.05, 0) is 49.8 Å². The van der Waals surface area contributed by atoms with E-state index >= 15 is 0 Å². The third-order valence-corrected chi connectivity index (χ3v) is 6.09. The lowest BCUT2D eigenvalue weighted by Gasteiger charge is -2.18. The number of primary amides is 1. The minimum absolute atomic E-state index is 0.249. The first-order valence-electron chi connectivity index (χ1n) is 9.36. The van der Waals surface area contributed by atoms with Gasteiger partial charge >= 0.3 is 5.97 Å². The van der Waals surface area contributed by atoms with Crippen LogP contribution in [0.3, 0.4) is 0 Å². The SMILES string of the molecule is COc1ccc(C)cc1C(=O)OCC(=O)Nc1sc2c(c1C(N)=O)CC[C@@H](C)C2. The zero-order chi connectivity index (χ0) is 21.1. The molecule has 1 aliphatic carbocycles. The maximum absolute atomic E-state index is 12.4. The molecule has 2 aromatic rings. The van der Waals surface area contributed by atoms with E-state index < -0.39 is 24.4 Å². The molecule has 3 rings (SSSR count). The molecule has 0 aliphatic heterocycles. The fraction of sp³-hybridized carbons (Fsp3) is 0.381. The Kier molecular flexibility index (Phi) is 6.22. The maximum atomic E-state index is 12.4. The lowest BCUT2D eigenvalue weighted by Crippen LogP contribution is -2.23. The van der Waals surface area contributed by atoms with E-state index in [-0.39, 0.29) is 5.56 Å². The summed E-state index contributed by atoms with van der Waals surface area (Å²) >= 11 is 1.37. The zero-order valence-corrected chi connectivity index (χ0v) is 17.5. The van der Waals surface area contributed by atoms with Crippen molar-refractivity contribution in [2.45, 2.75) is 33.1 Å². The quantitative estimate of drug-likeness (QED) is 0.704. The molecule has 1 heterocycles. The lowest BCUT2D eigenvalue weighted by molar-refractivity contribution is -0.119. The van der Waals surface area contributed by atoms with Crippen LogP contribution in [0.1, 0.15) is 50.1 Å². The van der Waals surface area contributed by atoms with Crippen LogP contribution in [0, 0.1) is 12.8 Å². The van der Waals surface area contributed by atoms with Crippen molar-refractivity contribution in [2.24, 2.45) is 11.7 Å². The number of esters is 1. The average molecular weight is 416 g/mol. The summed E-state index contributed by atoms with van der Waals surface area (Å²) in [5.74, 6) is -0.851. The highest BCUT2D eigenvalue weighted by atomic mass is 32.1. The van der Waals surface area contributed by atoms with Gasteiger partial charge in [-0.25, -0.2) is 4.79 Å². The number of aryl methyl sites for hydroxylation is 1. The molecule has 0 saturated heterocycles. The van der Waals surface area contributed by atoms with Crippen molar-refractivity contribution in [2.75, 3.05) is 19.0 Å². The van der Waals surface area contributed by atoms with Crippen LogP contribution in [0.25, 0.3) is 0 Å². The topological polar surface area (TPSA) is 108 Å². The Labute approximate surface area is 173 Å². The van der Waals surface area contributed by atoms with Gasteiger partial charge in [-0.1, -0.05) is 18.6 Å². The molecular weight excluding hydrogens is 392 g/mol. The van der Waals surface area contributed by atoms with Gasteiger partial charge in [0, 0.05) is 4.88 Å². The molecule has 0 radical (unpaired) electrons. The Hall–Kier alpha value is -2.87. The maximum Gasteiger partial charge on any atom is 0.342 e. The number of hydrogen-bond donors (Lipinski definition) is 2. The van der Waals surface area contributed by atoms with E-state index in [9.17, 15) is 14.4 Å². The molecule has 2 amide bonds. The molecule has 0 unspecified atom stereocenters. The van der Waals surface area contributed by atoms with Crippen molar-refractivity contribution in [3.63, 3.8) is 0 Å². The number of thiophene rings is 1. The molecule has 7 nitrogen and oxygen atoms in total. The van der Waals surface area contributed by atoms with Gasteiger partial charge in [0.25, 0.3) is 11.8 Å². The van der Waals surface area contributed by atoms with Crippen LogP contribution < -0.4 is 15.8 Å². The number of methoxy groups -OCH3 is 1. The van der Waals surface area contributed by atoms with Crippen molar-refractivity contribution < 1.29 is 23.9 Å². The Bertz CT molecular complexity index is 966. The number of rotatable bonds is 6. The molecule has 8 heteroatoms. The highest BCUT2D eigenvalue weighted by molar-refractivity contribution is 7.17. The summed E-state index contributed by atoms with van der Waals surface area (Å²) in [6.45, 7) is 3.52. The molecule has 1 aromatic heterocycles. The van der Waals surface area contributed by atoms with Crippen LogP contribution >= 0.6 is 11.3 Å². The standard InChI is InChI=1S/C21H24N2O5S/c1-11-5-7-15(27-3)14(8-11)21(26)28-10-17(24)23-20-18(19(22)25)13-6-4-12(2)9-16(13)29-20/h5,7-8,12H,4,6,9-10H2,1-3H3,(H2,22,25)(H,23,24)/t12-/m1/s1. The molecule has 0 fully saturated rings. The number of fused-ring (bicyclic) bond motifs is 1. The van der Waals surface area contributed by atoms with Gasteiger partial charge in [-0.15, -0.1) is 11.3 Å². The van der Waals surface area contributed by atoms with Crippen LogP contribution in [0.4, 0.5) is 5.00 Å². The first-order valence-corrected chi connectivity index (χ1v) is 10.2. The number of hydrogen-bond acceptors (Lipinski definition) is 6. The number of anilines is 1. The molecule has 29 heavy (non-hydrogen) atoms. The molecule has 154 valence electrons. The molecule has 0 spiro atoms. The number of carbonyl (C=O) groups is 3. The summed E-state index contributed by atoms with van der Waals surface area (Å²) in [6, 6.07) is 5.12. The number of ether oxygens (including phenoxy) is 2. The highest BCUT2D eigenvalue weighted by Crippen LogP contribution is 2.39. The summed E-state index contributed by atoms with van der Waals surface area (Å²) in [6.07, 6.45) is 2.61. The van der Waals surface area contributed by atoms with E-state index in [1.54, 1.807) is 12.1 Å². The minimum atomic E-state index is -0.657. The summed E-state index contributed by atoms with van der Waals surface area (Å²) in [7, 11) is 1.46. The number of nitrogens with two attached hydrogens (primary N) is 1. The van der Waals surface area contributed by atoms with Crippen LogP contribution in [0.2, 0.25) is 0 Å². The normalized spacial score (nSPS) is 15.3. The van der Waals surface area contributed by atoms with Crippen molar-refractivity contribution in [1.29, 1.82) is 0 Å². The molecule has 1 aliphatic rings. The number of nitrogens with one attached hydrogen (secondary N) is 1. The fourth-order valence-corrected chi connectivity index (χ4v) is 4.88. The third kappa shape index (κ3) is 4.59. The predicted octanol–water partition coefficient (Wildman–Crippen LogP) is 3.08. The smallest absolute Gasteiger partial charge is 0.342 e. The Morgan fingerprint density at radius 2 is 2.07 bits per heavy atom. The van der Waals surface area contributed by atoms with E-state index in [4.69, 9.17) is 15.2 Å². The van der Waals surface area contributed by atoms with Crippen molar-refractivity contribution in [3.8, 4) is 5.75 Å². The van der Waals surface area contributed by atoms with Gasteiger partial charge < -0.3 is 20.5 Å². The second kappa shape index (κ2) is 8.65. The van der Waals surface area contributed by atoms with Crippen molar-refractivity contribution in [3.05, 3.63) is 45.3 Å². The largest absolute Gasteiger partial charge is 0.496 e. The van der Waals surface area contributed by atoms with E-state index in [0.29, 0.717) is 22.2 Å². The van der Waals surface area contributed by atoms with E-state index in [1.165, 1.54) is 18.4 Å². The first kappa shape index (κ1) is 20.9. The molecule has 3 N–H and O–H groups in total. The van der Waals surface area contributed by atoms with Crippen LogP contribution in [-0.2, 0) is 22.4 Å². The Morgan fingerprint density at radius 3 is 2.76 bits per heavy atom. The average Bonchev–Trinajstić information content (AvgIpc) is 3.02. The van der Waals surface area contributed by atoms with E-state index in [1.807, 2.05) is 13.0 Å². The number of carbonyl (C=O) groups excluding carboxylic acids is 3. The van der Waals surface area contributed by atoms with Crippen LogP contribution in [0.5, 0.6) is 5.75 Å². The molecule has 1 atom stereocenters. The second-order valence-corrected chi connectivity index (χ2v) is 8.35. The first-order chi connectivity index (χ1) is 13.8. The fourth-order valence-electron chi connectivity index (χ4n) is 3.45. The molecular formula is C21H24N2O5S. The van der Waals surface area contributed by atoms with Crippen LogP contribution in [0.15, 0.2) is 18.2 Å². The number of benzene rings is 1. The van der Waals surface area contributed by atoms with Gasteiger partial charge in [-0.3, -0.25) is 9.59 Å². The Morgan fingerprint density at radius 1 is 1.31 bits per heavy atom. The highest BCUT2D eigenvalue weighted by Gasteiger charge is 2.27. The number of amides is 2. The molecule has 0 bridgehead atoms. The van der Waals surface area contributed by atoms with Gasteiger partial charge in [0.1, 0.15) is 16.3 Å². The zero-order valence-electron chi connectivity index (χ0n) is 16.7. The van der Waals surface area contributed by atoms with E-state index in [0.717, 1.165) is 35.3 Å². The van der Waals surface area contributed by atoms with Gasteiger partial charge in [0.15, 0.2) is 6.61 Å². The van der Waals surface area contributed by atoms with Crippen molar-refractivity contribution >= 4 is 34.1 Å². The van der Waals surface area contributed by atoms with E-state index in [2.05, 4.69) is 12.2 Å². The second-order valence-electron chi connectivity index (χ2n) is 7.25. The predicted molar refractivity (Wildman–Crippen MR) is 111 cm³/mol. The summed E-state index contributed by atoms with van der Waals surface area (Å²) < 4.78 is 10.3. The molecule has 1 aromatic carbocycles. The summed E-state index contributed by atoms with van der Waals surface area (Å²) in [5, 5.41) is 3.10.